The van der Waals surface area contributed by atoms with Gasteiger partial charge in [0.2, 0.25) is 0 Å². The van der Waals surface area contributed by atoms with E-state index in [0.29, 0.717) is 29.9 Å². The van der Waals surface area contributed by atoms with Gasteiger partial charge in [-0.25, -0.2) is 0 Å². The van der Waals surface area contributed by atoms with E-state index in [4.69, 9.17) is 4.74 Å². The molecule has 7 heteroatoms. The lowest BCUT2D eigenvalue weighted by molar-refractivity contribution is -0.207. The van der Waals surface area contributed by atoms with Crippen molar-refractivity contribution in [3.8, 4) is 0 Å². The molecule has 11 unspecified atom stereocenters. The fourth-order valence-corrected chi connectivity index (χ4v) is 9.80. The maximum Gasteiger partial charge on any atom is 0.306 e. The summed E-state index contributed by atoms with van der Waals surface area (Å²) in [7, 11) is 0. The molecule has 4 fully saturated rings. The molecular weight excluding hydrogens is 492 g/mol. The monoisotopic (exact) mass is 542 g/mol. The molecule has 4 aliphatic carbocycles. The van der Waals surface area contributed by atoms with Gasteiger partial charge in [0.05, 0.1) is 41.1 Å². The summed E-state index contributed by atoms with van der Waals surface area (Å²) >= 11 is 0. The first-order chi connectivity index (χ1) is 18.4. The summed E-state index contributed by atoms with van der Waals surface area (Å²) < 4.78 is 5.58. The van der Waals surface area contributed by atoms with Crippen LogP contribution in [0.25, 0.3) is 0 Å². The Balaban J connectivity index is 1.23. The van der Waals surface area contributed by atoms with E-state index in [1.165, 1.54) is 0 Å². The average molecular weight is 543 g/mol. The first-order valence-corrected chi connectivity index (χ1v) is 15.4. The largest absolute Gasteiger partial charge is 0.459 e. The minimum absolute atomic E-state index is 0.0810. The third-order valence-electron chi connectivity index (χ3n) is 12.3. The van der Waals surface area contributed by atoms with E-state index in [1.54, 1.807) is 0 Å². The number of aliphatic hydroxyl groups excluding tert-OH is 3. The zero-order valence-electron chi connectivity index (χ0n) is 24.8. The molecule has 4 aliphatic rings. The zero-order chi connectivity index (χ0) is 28.3. The first kappa shape index (κ1) is 28.9. The van der Waals surface area contributed by atoms with Crippen LogP contribution in [0.5, 0.6) is 0 Å². The van der Waals surface area contributed by atoms with Crippen LogP contribution in [-0.4, -0.2) is 49.6 Å². The van der Waals surface area contributed by atoms with Crippen molar-refractivity contribution in [3.05, 3.63) is 22.8 Å². The lowest BCUT2D eigenvalue weighted by Crippen LogP contribution is -2.62. The van der Waals surface area contributed by atoms with E-state index in [-0.39, 0.29) is 53.4 Å². The molecule has 0 aromatic carbocycles. The van der Waals surface area contributed by atoms with Crippen LogP contribution in [0.1, 0.15) is 101 Å². The molecule has 7 nitrogen and oxygen atoms in total. The van der Waals surface area contributed by atoms with Crippen LogP contribution in [0.2, 0.25) is 0 Å². The molecule has 0 saturated heterocycles. The maximum absolute atomic E-state index is 12.7. The van der Waals surface area contributed by atoms with Crippen molar-refractivity contribution in [1.29, 1.82) is 0 Å². The molecule has 218 valence electrons. The Labute approximate surface area is 234 Å². The van der Waals surface area contributed by atoms with Crippen molar-refractivity contribution in [3.63, 3.8) is 0 Å². The number of fused-ring (bicyclic) bond motifs is 5. The number of hydrogen-bond donors (Lipinski definition) is 3. The molecule has 3 N–H and O–H groups in total. The van der Waals surface area contributed by atoms with Crippen molar-refractivity contribution in [2.45, 2.75) is 124 Å². The number of esters is 1. The number of nitrogens with zero attached hydrogens (tertiary/aromatic N) is 2. The Bertz CT molecular complexity index is 1080. The summed E-state index contributed by atoms with van der Waals surface area (Å²) in [5.74, 6) is 1.49. The van der Waals surface area contributed by atoms with E-state index < -0.39 is 6.10 Å². The van der Waals surface area contributed by atoms with Gasteiger partial charge in [0, 0.05) is 6.42 Å². The molecule has 0 aliphatic heterocycles. The van der Waals surface area contributed by atoms with Gasteiger partial charge < -0.3 is 20.1 Å². The number of hydrogen-bond acceptors (Lipinski definition) is 7. The van der Waals surface area contributed by atoms with Crippen molar-refractivity contribution < 1.29 is 24.9 Å². The number of carbonyl (C=O) groups is 1. The molecule has 1 aromatic rings. The second kappa shape index (κ2) is 10.7. The highest BCUT2D eigenvalue weighted by Gasteiger charge is 2.65. The molecule has 0 bridgehead atoms. The molecule has 1 heterocycles. The van der Waals surface area contributed by atoms with E-state index in [2.05, 4.69) is 30.7 Å². The molecule has 1 aromatic heterocycles. The van der Waals surface area contributed by atoms with Gasteiger partial charge >= 0.3 is 5.97 Å². The third kappa shape index (κ3) is 4.95. The van der Waals surface area contributed by atoms with Crippen LogP contribution in [0, 0.1) is 67.1 Å². The normalized spacial score (nSPS) is 42.3. The van der Waals surface area contributed by atoms with Crippen molar-refractivity contribution in [2.75, 3.05) is 0 Å². The van der Waals surface area contributed by atoms with E-state index >= 15 is 0 Å². The van der Waals surface area contributed by atoms with Gasteiger partial charge in [0.25, 0.3) is 0 Å². The molecule has 11 atom stereocenters. The Morgan fingerprint density at radius 1 is 0.974 bits per heavy atom. The lowest BCUT2D eigenvalue weighted by Gasteiger charge is -2.63. The molecule has 39 heavy (non-hydrogen) atoms. The standard InChI is InChI=1S/C32H50N2O5/c1-17(7-10-29(38)39-16-26-20(4)33-18(2)19(3)34-26)23-8-9-24-30-25(15-28(37)32(23,24)6)31(5)12-11-22(35)13-21(31)14-27(30)36/h17,21-25,27-28,30,35-37H,7-16H2,1-6H3. The fraction of sp³-hybridized carbons (Fsp3) is 0.844. The zero-order valence-corrected chi connectivity index (χ0v) is 24.8. The third-order valence-corrected chi connectivity index (χ3v) is 12.3. The topological polar surface area (TPSA) is 113 Å². The van der Waals surface area contributed by atoms with Gasteiger partial charge in [-0.1, -0.05) is 20.8 Å². The van der Waals surface area contributed by atoms with Crippen LogP contribution < -0.4 is 0 Å². The number of ether oxygens (including phenoxy) is 1. The summed E-state index contributed by atoms with van der Waals surface area (Å²) in [4.78, 5) is 21.7. The van der Waals surface area contributed by atoms with Gasteiger partial charge in [-0.15, -0.1) is 0 Å². The number of aryl methyl sites for hydroxylation is 3. The van der Waals surface area contributed by atoms with Crippen LogP contribution in [0.4, 0.5) is 0 Å². The smallest absolute Gasteiger partial charge is 0.306 e. The predicted molar refractivity (Wildman–Crippen MR) is 148 cm³/mol. The van der Waals surface area contributed by atoms with Gasteiger partial charge in [-0.05, 0) is 118 Å². The number of carbonyl (C=O) groups excluding carboxylic acids is 1. The Hall–Kier alpha value is -1.57. The van der Waals surface area contributed by atoms with Crippen LogP contribution in [-0.2, 0) is 16.1 Å². The van der Waals surface area contributed by atoms with E-state index in [0.717, 1.165) is 68.4 Å². The van der Waals surface area contributed by atoms with Crippen molar-refractivity contribution in [1.82, 2.24) is 9.97 Å². The summed E-state index contributed by atoms with van der Waals surface area (Å²) in [5, 5.41) is 33.6. The number of aliphatic hydroxyl groups is 3. The number of aromatic nitrogens is 2. The van der Waals surface area contributed by atoms with Gasteiger partial charge in [0.15, 0.2) is 0 Å². The maximum atomic E-state index is 12.7. The predicted octanol–water partition coefficient (Wildman–Crippen LogP) is 4.82. The SMILES string of the molecule is Cc1nc(C)c(COC(=O)CCC(C)C2CCC3C4C(O)CC5CC(O)CCC5(C)C4CC(O)C23C)nc1C. The van der Waals surface area contributed by atoms with Crippen molar-refractivity contribution >= 4 is 5.97 Å². The molecule has 5 rings (SSSR count). The second-order valence-electron chi connectivity index (χ2n) is 14.1. The van der Waals surface area contributed by atoms with Crippen LogP contribution in [0.3, 0.4) is 0 Å². The minimum atomic E-state index is -0.411. The molecular formula is C32H50N2O5. The lowest BCUT2D eigenvalue weighted by atomic mass is 9.43. The Kier molecular flexibility index (Phi) is 7.93. The highest BCUT2D eigenvalue weighted by molar-refractivity contribution is 5.69. The summed E-state index contributed by atoms with van der Waals surface area (Å²) in [6.07, 6.45) is 6.20. The summed E-state index contributed by atoms with van der Waals surface area (Å²) in [6, 6.07) is 0. The molecule has 0 spiro atoms. The fourth-order valence-electron chi connectivity index (χ4n) is 9.80. The molecule has 0 radical (unpaired) electrons. The molecule has 4 saturated carbocycles. The Morgan fingerprint density at radius 3 is 2.44 bits per heavy atom. The van der Waals surface area contributed by atoms with Gasteiger partial charge in [0.1, 0.15) is 6.61 Å². The number of rotatable bonds is 6. The minimum Gasteiger partial charge on any atom is -0.459 e. The summed E-state index contributed by atoms with van der Waals surface area (Å²) in [5.41, 5.74) is 3.07. The van der Waals surface area contributed by atoms with Crippen molar-refractivity contribution in [2.24, 2.45) is 46.3 Å². The Morgan fingerprint density at radius 2 is 1.69 bits per heavy atom. The van der Waals surface area contributed by atoms with Crippen LogP contribution >= 0.6 is 0 Å². The quantitative estimate of drug-likeness (QED) is 0.442. The van der Waals surface area contributed by atoms with Gasteiger partial charge in [-0.3, -0.25) is 14.8 Å². The highest BCUT2D eigenvalue weighted by Crippen LogP contribution is 2.68. The van der Waals surface area contributed by atoms with Gasteiger partial charge in [-0.2, -0.15) is 0 Å². The summed E-state index contributed by atoms with van der Waals surface area (Å²) in [6.45, 7) is 12.7. The second-order valence-corrected chi connectivity index (χ2v) is 14.1. The first-order valence-electron chi connectivity index (χ1n) is 15.4. The highest BCUT2D eigenvalue weighted by atomic mass is 16.5. The van der Waals surface area contributed by atoms with E-state index in [1.807, 2.05) is 20.8 Å². The van der Waals surface area contributed by atoms with E-state index in [9.17, 15) is 20.1 Å². The molecule has 0 amide bonds. The van der Waals surface area contributed by atoms with Crippen LogP contribution in [0.15, 0.2) is 0 Å². The average Bonchev–Trinajstić information content (AvgIpc) is 3.24.